The summed E-state index contributed by atoms with van der Waals surface area (Å²) < 4.78 is 26.8. The van der Waals surface area contributed by atoms with Gasteiger partial charge in [0.1, 0.15) is 44.7 Å². The highest BCUT2D eigenvalue weighted by Gasteiger charge is 2.48. The molecule has 6 heterocycles. The topological polar surface area (TPSA) is 130 Å². The van der Waals surface area contributed by atoms with E-state index >= 15 is 0 Å². The van der Waals surface area contributed by atoms with Crippen molar-refractivity contribution in [3.8, 4) is 124 Å². The Morgan fingerprint density at radius 1 is 0.151 bits per heavy atom. The fourth-order valence-corrected chi connectivity index (χ4v) is 20.4. The average molecular weight is 1610 g/mol. The van der Waals surface area contributed by atoms with Gasteiger partial charge in [-0.2, -0.15) is 0 Å². The molecule has 2 aliphatic rings. The van der Waals surface area contributed by atoms with E-state index in [1.54, 1.807) is 0 Å². The molecule has 0 aliphatic heterocycles. The van der Waals surface area contributed by atoms with Gasteiger partial charge in [0.2, 0.25) is 0 Å². The highest BCUT2D eigenvalue weighted by atomic mass is 16.3. The zero-order valence-corrected chi connectivity index (χ0v) is 67.6. The van der Waals surface area contributed by atoms with E-state index in [9.17, 15) is 0 Å². The van der Waals surface area contributed by atoms with Gasteiger partial charge in [0.25, 0.3) is 0 Å². The van der Waals surface area contributed by atoms with Gasteiger partial charge in [-0.05, 0) is 161 Å². The van der Waals surface area contributed by atoms with Crippen molar-refractivity contribution < 1.29 is 17.7 Å². The second-order valence-electron chi connectivity index (χ2n) is 32.9. The van der Waals surface area contributed by atoms with Crippen molar-refractivity contribution in [1.29, 1.82) is 0 Å². The van der Waals surface area contributed by atoms with E-state index in [1.807, 2.05) is 91.0 Å². The van der Waals surface area contributed by atoms with E-state index < -0.39 is 10.8 Å². The number of benzene rings is 18. The Hall–Kier alpha value is -16.8. The summed E-state index contributed by atoms with van der Waals surface area (Å²) in [6.45, 7) is 0. The number of rotatable bonds is 13. The Morgan fingerprint density at radius 3 is 0.905 bits per heavy atom. The number of fused-ring (bicyclic) bond motifs is 18. The third-order valence-corrected chi connectivity index (χ3v) is 26.3. The van der Waals surface area contributed by atoms with Crippen molar-refractivity contribution in [2.45, 2.75) is 10.8 Å². The molecule has 0 spiro atoms. The van der Waals surface area contributed by atoms with Crippen LogP contribution in [0.1, 0.15) is 44.5 Å². The third kappa shape index (κ3) is 10.9. The molecule has 10 nitrogen and oxygen atoms in total. The van der Waals surface area contributed by atoms with Crippen molar-refractivity contribution in [3.05, 3.63) is 457 Å². The highest BCUT2D eigenvalue weighted by Crippen LogP contribution is 2.59. The molecule has 6 aromatic heterocycles. The Morgan fingerprint density at radius 2 is 0.437 bits per heavy atom. The molecule has 0 saturated carbocycles. The minimum absolute atomic E-state index is 0.498. The zero-order valence-electron chi connectivity index (χ0n) is 67.6. The van der Waals surface area contributed by atoms with Gasteiger partial charge in [-0.1, -0.05) is 352 Å². The lowest BCUT2D eigenvalue weighted by Crippen LogP contribution is -2.28. The fourth-order valence-electron chi connectivity index (χ4n) is 20.4. The first kappa shape index (κ1) is 71.0. The molecule has 18 aromatic carbocycles. The van der Waals surface area contributed by atoms with Gasteiger partial charge in [0, 0.05) is 65.3 Å². The van der Waals surface area contributed by atoms with Crippen molar-refractivity contribution in [2.24, 2.45) is 0 Å². The van der Waals surface area contributed by atoms with E-state index in [2.05, 4.69) is 322 Å². The minimum atomic E-state index is -0.635. The molecule has 0 fully saturated rings. The molecule has 0 bridgehead atoms. The molecule has 0 amide bonds. The van der Waals surface area contributed by atoms with Crippen LogP contribution in [-0.4, -0.2) is 29.9 Å². The maximum Gasteiger partial charge on any atom is 0.167 e. The lowest BCUT2D eigenvalue weighted by atomic mass is 9.67. The second-order valence-corrected chi connectivity index (χ2v) is 32.9. The van der Waals surface area contributed by atoms with Gasteiger partial charge in [0.05, 0.1) is 22.0 Å². The largest absolute Gasteiger partial charge is 0.456 e. The monoisotopic (exact) mass is 1610 g/mol. The number of hydrogen-bond acceptors (Lipinski definition) is 10. The van der Waals surface area contributed by atoms with Crippen molar-refractivity contribution in [1.82, 2.24) is 29.9 Å². The lowest BCUT2D eigenvalue weighted by Gasteiger charge is -2.34. The van der Waals surface area contributed by atoms with Crippen molar-refractivity contribution in [3.63, 3.8) is 0 Å². The molecule has 0 saturated heterocycles. The van der Waals surface area contributed by atoms with Gasteiger partial charge in [-0.3, -0.25) is 0 Å². The van der Waals surface area contributed by atoms with E-state index in [0.717, 1.165) is 160 Å². The summed E-state index contributed by atoms with van der Waals surface area (Å²) >= 11 is 0. The van der Waals surface area contributed by atoms with Gasteiger partial charge in [0.15, 0.2) is 34.9 Å². The average Bonchev–Trinajstić information content (AvgIpc) is 1.53. The van der Waals surface area contributed by atoms with Crippen molar-refractivity contribution >= 4 is 87.8 Å². The van der Waals surface area contributed by atoms with Crippen LogP contribution in [0.25, 0.3) is 212 Å². The molecule has 586 valence electrons. The smallest absolute Gasteiger partial charge is 0.167 e. The van der Waals surface area contributed by atoms with Crippen LogP contribution in [0.15, 0.2) is 430 Å². The van der Waals surface area contributed by atoms with E-state index in [-0.39, 0.29) is 0 Å². The summed E-state index contributed by atoms with van der Waals surface area (Å²) in [5, 5.41) is 8.33. The molecule has 0 atom stereocenters. The van der Waals surface area contributed by atoms with E-state index in [0.29, 0.717) is 46.1 Å². The summed E-state index contributed by atoms with van der Waals surface area (Å²) in [6.07, 6.45) is 0. The first-order valence-corrected chi connectivity index (χ1v) is 42.6. The molecule has 2 aliphatic carbocycles. The van der Waals surface area contributed by atoms with Gasteiger partial charge >= 0.3 is 0 Å². The Bertz CT molecular complexity index is 8510. The predicted molar refractivity (Wildman–Crippen MR) is 506 cm³/mol. The summed E-state index contributed by atoms with van der Waals surface area (Å²) in [4.78, 5) is 31.8. The Balaban J connectivity index is 0.524. The molecule has 0 radical (unpaired) electrons. The Kier molecular flexibility index (Phi) is 15.7. The summed E-state index contributed by atoms with van der Waals surface area (Å²) in [5.41, 5.74) is 30.8. The third-order valence-electron chi connectivity index (χ3n) is 26.3. The van der Waals surface area contributed by atoms with Gasteiger partial charge in [-0.15, -0.1) is 0 Å². The normalized spacial score (nSPS) is 13.0. The van der Waals surface area contributed by atoms with Crippen LogP contribution in [0.2, 0.25) is 0 Å². The molecule has 0 unspecified atom stereocenters. The SMILES string of the molecule is c1ccc(-c2nc(-c3ccc(-c4ccc(C5(c6ccc7c(c6)oc6ccccc67)c6ccccc6-c6ccccc65)cc4)cc3)nc(-c3cccc4c3oc3ccc(-c5ccc(-c6nc(-c7cccc(-c8ccc(C9(c%10ccc%11c(c%10)oc%10ccccc%10%11)c%10ccccc%10-c%10ccccc%109)cc8)c7)nc(-c7cccc8c7oc7ccccc78)n6)cc5)cc34)n2)cc1. The maximum absolute atomic E-state index is 6.91. The second kappa shape index (κ2) is 27.9. The number of aromatic nitrogens is 6. The molecule has 10 heteroatoms. The van der Waals surface area contributed by atoms with Crippen LogP contribution >= 0.6 is 0 Å². The van der Waals surface area contributed by atoms with Crippen molar-refractivity contribution in [2.75, 3.05) is 0 Å². The van der Waals surface area contributed by atoms with Crippen LogP contribution < -0.4 is 0 Å². The maximum atomic E-state index is 6.91. The Labute approximate surface area is 722 Å². The van der Waals surface area contributed by atoms with E-state index in [4.69, 9.17) is 47.6 Å². The number of hydrogen-bond donors (Lipinski definition) is 0. The summed E-state index contributed by atoms with van der Waals surface area (Å²) in [7, 11) is 0. The quantitative estimate of drug-likeness (QED) is 0.110. The van der Waals surface area contributed by atoms with Crippen LogP contribution in [0.3, 0.4) is 0 Å². The van der Waals surface area contributed by atoms with Crippen LogP contribution in [0, 0.1) is 0 Å². The van der Waals surface area contributed by atoms with Crippen LogP contribution in [-0.2, 0) is 10.8 Å². The molecular formula is C116H68N6O4. The molecule has 24 aromatic rings. The fraction of sp³-hybridized carbons (Fsp3) is 0.0172. The zero-order chi connectivity index (χ0) is 82.7. The predicted octanol–water partition coefficient (Wildman–Crippen LogP) is 29.4. The standard InChI is InChI=1S/C116H68N6O4/c1-2-21-73(22-3-1)109-117-110(74-47-43-69(44-48-74)70-51-56-79(57-52-70)115(97-36-11-4-25-83(97)84-26-5-12-37-98(84)115)81-60-62-90-87-29-8-15-40-101(87)123-105(90)67-81)120-113(119-109)95-35-20-33-93-96-66-77(55-64-104(96)126-108(93)95)71-45-49-75(50-46-71)111-118-112(122-114(121-111)94-34-19-32-92-89-31-10-17-42-103(89)125-107(92)94)78-24-18-23-76(65-78)72-53-58-80(59-54-72)116(99-38-13-6-27-85(99)86-28-7-14-39-100(86)116)82-61-63-91-88-30-9-16-41-102(88)124-106(91)68-82/h1-68H. The van der Waals surface area contributed by atoms with Gasteiger partial charge in [-0.25, -0.2) is 29.9 Å². The van der Waals surface area contributed by atoms with Crippen LogP contribution in [0.4, 0.5) is 0 Å². The number of furan rings is 4. The minimum Gasteiger partial charge on any atom is -0.456 e. The first-order valence-electron chi connectivity index (χ1n) is 42.6. The first-order chi connectivity index (χ1) is 62.4. The van der Waals surface area contributed by atoms with Crippen LogP contribution in [0.5, 0.6) is 0 Å². The van der Waals surface area contributed by atoms with E-state index in [1.165, 1.54) is 50.1 Å². The molecule has 126 heavy (non-hydrogen) atoms. The number of para-hydroxylation sites is 5. The molecule has 0 N–H and O–H groups in total. The lowest BCUT2D eigenvalue weighted by molar-refractivity contribution is 0.665. The summed E-state index contributed by atoms with van der Waals surface area (Å²) in [5.74, 6) is 3.15. The van der Waals surface area contributed by atoms with Gasteiger partial charge < -0.3 is 17.7 Å². The molecular weight excluding hydrogens is 1540 g/mol. The molecule has 26 rings (SSSR count). The summed E-state index contributed by atoms with van der Waals surface area (Å²) in [6, 6.07) is 146. The number of nitrogens with zero attached hydrogens (tertiary/aromatic N) is 6. The highest BCUT2D eigenvalue weighted by molar-refractivity contribution is 6.12.